The van der Waals surface area contributed by atoms with Crippen molar-refractivity contribution in [2.45, 2.75) is 0 Å². The average molecular weight is 231 g/mol. The zero-order chi connectivity index (χ0) is 12.1. The molecule has 2 rings (SSSR count). The number of para-hydroxylation sites is 1. The molecule has 0 aliphatic rings. The number of hydrogen-bond acceptors (Lipinski definition) is 4. The van der Waals surface area contributed by atoms with Gasteiger partial charge in [-0.05, 0) is 12.1 Å². The molecule has 0 amide bonds. The van der Waals surface area contributed by atoms with E-state index in [1.165, 1.54) is 7.11 Å². The van der Waals surface area contributed by atoms with Crippen LogP contribution in [-0.2, 0) is 9.53 Å². The van der Waals surface area contributed by atoms with E-state index >= 15 is 0 Å². The van der Waals surface area contributed by atoms with E-state index in [0.717, 1.165) is 10.9 Å². The first-order valence-corrected chi connectivity index (χ1v) is 5.28. The molecule has 0 unspecified atom stereocenters. The molecular formula is C13H13NO3. The van der Waals surface area contributed by atoms with E-state index in [4.69, 9.17) is 9.47 Å². The Balaban J connectivity index is 2.16. The molecule has 4 nitrogen and oxygen atoms in total. The number of methoxy groups -OCH3 is 1. The third kappa shape index (κ3) is 2.79. The van der Waals surface area contributed by atoms with Crippen LogP contribution < -0.4 is 4.74 Å². The van der Waals surface area contributed by atoms with Crippen molar-refractivity contribution in [2.75, 3.05) is 20.3 Å². The Morgan fingerprint density at radius 2 is 2.06 bits per heavy atom. The van der Waals surface area contributed by atoms with Crippen LogP contribution in [0, 0.1) is 0 Å². The number of Topliss-reactive ketones (excluding diaryl/α,β-unsaturated/α-hetero) is 1. The van der Waals surface area contributed by atoms with E-state index in [1.54, 1.807) is 12.3 Å². The predicted octanol–water partition coefficient (Wildman–Crippen LogP) is 1.83. The van der Waals surface area contributed by atoms with E-state index in [1.807, 2.05) is 24.3 Å². The zero-order valence-corrected chi connectivity index (χ0v) is 9.55. The third-order valence-electron chi connectivity index (χ3n) is 2.29. The van der Waals surface area contributed by atoms with Crippen molar-refractivity contribution >= 4 is 16.7 Å². The summed E-state index contributed by atoms with van der Waals surface area (Å²) in [5.41, 5.74) is 0.764. The van der Waals surface area contributed by atoms with Gasteiger partial charge in [-0.1, -0.05) is 18.2 Å². The number of rotatable bonds is 5. The highest BCUT2D eigenvalue weighted by Gasteiger charge is 2.06. The third-order valence-corrected chi connectivity index (χ3v) is 2.29. The van der Waals surface area contributed by atoms with E-state index in [9.17, 15) is 4.79 Å². The number of ether oxygens (including phenoxy) is 2. The summed E-state index contributed by atoms with van der Waals surface area (Å²) in [5.74, 6) is 0.521. The van der Waals surface area contributed by atoms with Gasteiger partial charge < -0.3 is 9.47 Å². The maximum absolute atomic E-state index is 11.3. The Kier molecular flexibility index (Phi) is 3.67. The fourth-order valence-corrected chi connectivity index (χ4v) is 1.55. The van der Waals surface area contributed by atoms with Crippen LogP contribution in [-0.4, -0.2) is 31.1 Å². The molecule has 0 saturated carbocycles. The first-order chi connectivity index (χ1) is 8.31. The summed E-state index contributed by atoms with van der Waals surface area (Å²) >= 11 is 0. The Morgan fingerprint density at radius 1 is 1.24 bits per heavy atom. The van der Waals surface area contributed by atoms with Gasteiger partial charge in [0, 0.05) is 18.7 Å². The smallest absolute Gasteiger partial charge is 0.195 e. The fourth-order valence-electron chi connectivity index (χ4n) is 1.55. The highest BCUT2D eigenvalue weighted by Crippen LogP contribution is 2.22. The van der Waals surface area contributed by atoms with Crippen LogP contribution in [0.15, 0.2) is 36.5 Å². The lowest BCUT2D eigenvalue weighted by atomic mass is 10.2. The number of fused-ring (bicyclic) bond motifs is 1. The number of benzene rings is 1. The van der Waals surface area contributed by atoms with Gasteiger partial charge in [-0.3, -0.25) is 9.78 Å². The molecule has 0 fully saturated rings. The highest BCUT2D eigenvalue weighted by atomic mass is 16.5. The Bertz CT molecular complexity index is 520. The van der Waals surface area contributed by atoms with Crippen molar-refractivity contribution in [3.8, 4) is 5.75 Å². The molecular weight excluding hydrogens is 218 g/mol. The molecule has 1 aromatic heterocycles. The minimum absolute atomic E-state index is 0.00350. The number of nitrogens with zero attached hydrogens (tertiary/aromatic N) is 1. The Labute approximate surface area is 99.2 Å². The number of hydrogen-bond donors (Lipinski definition) is 0. The molecule has 88 valence electrons. The van der Waals surface area contributed by atoms with Crippen LogP contribution >= 0.6 is 0 Å². The molecule has 2 aromatic rings. The normalized spacial score (nSPS) is 10.4. The lowest BCUT2D eigenvalue weighted by Crippen LogP contribution is -2.16. The van der Waals surface area contributed by atoms with Gasteiger partial charge in [0.05, 0.1) is 0 Å². The lowest BCUT2D eigenvalue weighted by molar-refractivity contribution is -0.124. The second-order valence-electron chi connectivity index (χ2n) is 3.59. The van der Waals surface area contributed by atoms with Crippen LogP contribution in [0.1, 0.15) is 0 Å². The van der Waals surface area contributed by atoms with Gasteiger partial charge in [0.25, 0.3) is 0 Å². The molecule has 0 atom stereocenters. The van der Waals surface area contributed by atoms with Gasteiger partial charge in [-0.2, -0.15) is 0 Å². The lowest BCUT2D eigenvalue weighted by Gasteiger charge is -2.07. The van der Waals surface area contributed by atoms with Crippen LogP contribution in [0.3, 0.4) is 0 Å². The summed E-state index contributed by atoms with van der Waals surface area (Å²) < 4.78 is 10.2. The van der Waals surface area contributed by atoms with E-state index in [-0.39, 0.29) is 19.0 Å². The monoisotopic (exact) mass is 231 g/mol. The Hall–Kier alpha value is -1.94. The highest BCUT2D eigenvalue weighted by molar-refractivity contribution is 5.85. The van der Waals surface area contributed by atoms with Gasteiger partial charge in [-0.25, -0.2) is 0 Å². The van der Waals surface area contributed by atoms with Gasteiger partial charge in [0.15, 0.2) is 5.78 Å². The maximum Gasteiger partial charge on any atom is 0.195 e. The quantitative estimate of drug-likeness (QED) is 0.787. The topological polar surface area (TPSA) is 48.4 Å². The summed E-state index contributed by atoms with van der Waals surface area (Å²) in [6.07, 6.45) is 1.70. The summed E-state index contributed by atoms with van der Waals surface area (Å²) in [6, 6.07) is 9.44. The minimum atomic E-state index is -0.0968. The molecule has 1 heterocycles. The number of ketones is 1. The molecule has 17 heavy (non-hydrogen) atoms. The molecule has 0 N–H and O–H groups in total. The first-order valence-electron chi connectivity index (χ1n) is 5.28. The standard InChI is InChI=1S/C13H13NO3/c1-16-8-11(15)9-17-12-6-2-4-10-5-3-7-14-13(10)12/h2-7H,8-9H2,1H3. The predicted molar refractivity (Wildman–Crippen MR) is 64.1 cm³/mol. The molecule has 4 heteroatoms. The number of aromatic nitrogens is 1. The van der Waals surface area contributed by atoms with Crippen molar-refractivity contribution in [2.24, 2.45) is 0 Å². The molecule has 1 aromatic carbocycles. The van der Waals surface area contributed by atoms with Gasteiger partial charge >= 0.3 is 0 Å². The first kappa shape index (κ1) is 11.5. The second-order valence-corrected chi connectivity index (χ2v) is 3.59. The molecule has 0 aliphatic heterocycles. The SMILES string of the molecule is COCC(=O)COc1cccc2cccnc12. The molecule has 0 saturated heterocycles. The van der Waals surface area contributed by atoms with E-state index in [0.29, 0.717) is 5.75 Å². The number of carbonyl (C=O) groups excluding carboxylic acids is 1. The number of carbonyl (C=O) groups is 1. The summed E-state index contributed by atoms with van der Waals surface area (Å²) in [6.45, 7) is 0.0712. The van der Waals surface area contributed by atoms with Crippen LogP contribution in [0.5, 0.6) is 5.75 Å². The van der Waals surface area contributed by atoms with Gasteiger partial charge in [0.2, 0.25) is 0 Å². The zero-order valence-electron chi connectivity index (χ0n) is 9.55. The van der Waals surface area contributed by atoms with Crippen molar-refractivity contribution in [1.82, 2.24) is 4.98 Å². The summed E-state index contributed by atoms with van der Waals surface area (Å²) in [4.78, 5) is 15.5. The van der Waals surface area contributed by atoms with Crippen LogP contribution in [0.4, 0.5) is 0 Å². The maximum atomic E-state index is 11.3. The van der Waals surface area contributed by atoms with Crippen molar-refractivity contribution in [1.29, 1.82) is 0 Å². The van der Waals surface area contributed by atoms with Crippen molar-refractivity contribution in [3.05, 3.63) is 36.5 Å². The fraction of sp³-hybridized carbons (Fsp3) is 0.231. The molecule has 0 bridgehead atoms. The molecule has 0 spiro atoms. The van der Waals surface area contributed by atoms with E-state index in [2.05, 4.69) is 4.98 Å². The minimum Gasteiger partial charge on any atom is -0.483 e. The number of pyridine rings is 1. The van der Waals surface area contributed by atoms with Crippen molar-refractivity contribution in [3.63, 3.8) is 0 Å². The van der Waals surface area contributed by atoms with Gasteiger partial charge in [-0.15, -0.1) is 0 Å². The summed E-state index contributed by atoms with van der Waals surface area (Å²) in [5, 5.41) is 0.990. The second kappa shape index (κ2) is 5.41. The van der Waals surface area contributed by atoms with Crippen LogP contribution in [0.2, 0.25) is 0 Å². The van der Waals surface area contributed by atoms with E-state index < -0.39 is 0 Å². The molecule has 0 aliphatic carbocycles. The van der Waals surface area contributed by atoms with Gasteiger partial charge in [0.1, 0.15) is 24.5 Å². The van der Waals surface area contributed by atoms with Crippen molar-refractivity contribution < 1.29 is 14.3 Å². The average Bonchev–Trinajstić information content (AvgIpc) is 2.36. The summed E-state index contributed by atoms with van der Waals surface area (Å²) in [7, 11) is 1.48. The Morgan fingerprint density at radius 3 is 2.88 bits per heavy atom. The van der Waals surface area contributed by atoms with Crippen LogP contribution in [0.25, 0.3) is 10.9 Å². The molecule has 0 radical (unpaired) electrons. The largest absolute Gasteiger partial charge is 0.483 e.